The summed E-state index contributed by atoms with van der Waals surface area (Å²) in [7, 11) is 0. The van der Waals surface area contributed by atoms with Crippen molar-refractivity contribution >= 4 is 23.4 Å². The number of rotatable bonds is 8. The number of carbonyl (C=O) groups excluding carboxylic acids is 3. The predicted octanol–water partition coefficient (Wildman–Crippen LogP) is 2.46. The molecule has 1 aromatic carbocycles. The van der Waals surface area contributed by atoms with E-state index in [0.717, 1.165) is 0 Å². The molecule has 0 unspecified atom stereocenters. The summed E-state index contributed by atoms with van der Waals surface area (Å²) in [5.41, 5.74) is 5.14. The van der Waals surface area contributed by atoms with Crippen LogP contribution in [0.25, 0.3) is 0 Å². The molecule has 3 amide bonds. The Morgan fingerprint density at radius 1 is 1.24 bits per heavy atom. The number of nitrogens with two attached hydrogens (primary N) is 1. The summed E-state index contributed by atoms with van der Waals surface area (Å²) in [5.74, 6) is -1.56. The number of nitrogens with zero attached hydrogens (tertiary/aromatic N) is 2. The molecule has 33 heavy (non-hydrogen) atoms. The Hall–Kier alpha value is -2.82. The Balaban J connectivity index is 2.32. The van der Waals surface area contributed by atoms with E-state index in [0.29, 0.717) is 17.0 Å². The van der Waals surface area contributed by atoms with Crippen LogP contribution in [0.3, 0.4) is 0 Å². The third kappa shape index (κ3) is 6.37. The van der Waals surface area contributed by atoms with Gasteiger partial charge < -0.3 is 25.6 Å². The molecule has 0 saturated heterocycles. The lowest BCUT2D eigenvalue weighted by molar-refractivity contribution is -0.153. The SMILES string of the molecule is CC(C)N(C(=O)c1ccc2c(c1)N(CCNC(=O)CC(F)(F)F)C(=O)C(C)(C)O2)[C@H](C)CN. The van der Waals surface area contributed by atoms with Gasteiger partial charge in [-0.05, 0) is 52.8 Å². The first-order chi connectivity index (χ1) is 15.2. The van der Waals surface area contributed by atoms with Crippen molar-refractivity contribution < 1.29 is 32.3 Å². The molecular weight excluding hydrogens is 441 g/mol. The molecule has 0 spiro atoms. The van der Waals surface area contributed by atoms with Crippen LogP contribution in [-0.4, -0.2) is 66.1 Å². The van der Waals surface area contributed by atoms with E-state index in [-0.39, 0.29) is 37.6 Å². The van der Waals surface area contributed by atoms with Gasteiger partial charge in [-0.25, -0.2) is 0 Å². The molecule has 0 radical (unpaired) electrons. The predicted molar refractivity (Wildman–Crippen MR) is 117 cm³/mol. The van der Waals surface area contributed by atoms with Gasteiger partial charge in [-0.2, -0.15) is 13.2 Å². The highest BCUT2D eigenvalue weighted by Crippen LogP contribution is 2.38. The van der Waals surface area contributed by atoms with E-state index in [1.807, 2.05) is 20.8 Å². The number of nitrogens with one attached hydrogen (secondary N) is 1. The van der Waals surface area contributed by atoms with Crippen LogP contribution in [0.4, 0.5) is 18.9 Å². The van der Waals surface area contributed by atoms with Gasteiger partial charge in [0.2, 0.25) is 5.91 Å². The van der Waals surface area contributed by atoms with Crippen molar-refractivity contribution in [3.63, 3.8) is 0 Å². The molecule has 1 aromatic rings. The second-order valence-corrected chi connectivity index (χ2v) is 8.78. The topological polar surface area (TPSA) is 105 Å². The lowest BCUT2D eigenvalue weighted by Crippen LogP contribution is -2.54. The Kier molecular flexibility index (Phi) is 8.00. The van der Waals surface area contributed by atoms with Crippen LogP contribution in [0.1, 0.15) is 51.4 Å². The van der Waals surface area contributed by atoms with Crippen LogP contribution >= 0.6 is 0 Å². The molecule has 1 heterocycles. The van der Waals surface area contributed by atoms with Gasteiger partial charge in [-0.3, -0.25) is 14.4 Å². The van der Waals surface area contributed by atoms with Crippen LogP contribution in [0, 0.1) is 0 Å². The number of amides is 3. The zero-order valence-corrected chi connectivity index (χ0v) is 19.5. The van der Waals surface area contributed by atoms with Gasteiger partial charge in [0.1, 0.15) is 12.2 Å². The number of anilines is 1. The molecule has 11 heteroatoms. The van der Waals surface area contributed by atoms with E-state index in [2.05, 4.69) is 5.32 Å². The Morgan fingerprint density at radius 2 is 1.88 bits per heavy atom. The molecule has 0 aliphatic carbocycles. The number of ether oxygens (including phenoxy) is 1. The van der Waals surface area contributed by atoms with Crippen LogP contribution in [0.15, 0.2) is 18.2 Å². The van der Waals surface area contributed by atoms with Crippen molar-refractivity contribution in [3.05, 3.63) is 23.8 Å². The standard InChI is InChI=1S/C22H31F3N4O4/c1-13(2)29(14(3)12-26)19(31)15-6-7-17-16(10-15)28(20(32)21(4,5)33-17)9-8-27-18(30)11-22(23,24)25/h6-7,10,13-14H,8-9,11-12,26H2,1-5H3,(H,27,30)/t14-/m1/s1. The molecule has 1 atom stereocenters. The molecule has 0 bridgehead atoms. The highest BCUT2D eigenvalue weighted by Gasteiger charge is 2.41. The average Bonchev–Trinajstić information content (AvgIpc) is 2.68. The highest BCUT2D eigenvalue weighted by molar-refractivity contribution is 6.04. The van der Waals surface area contributed by atoms with Crippen LogP contribution in [-0.2, 0) is 9.59 Å². The van der Waals surface area contributed by atoms with Gasteiger partial charge in [0.25, 0.3) is 11.8 Å². The summed E-state index contributed by atoms with van der Waals surface area (Å²) >= 11 is 0. The fourth-order valence-electron chi connectivity index (χ4n) is 3.68. The minimum Gasteiger partial charge on any atom is -0.476 e. The summed E-state index contributed by atoms with van der Waals surface area (Å²) in [6.45, 7) is 8.69. The second kappa shape index (κ2) is 9.98. The van der Waals surface area contributed by atoms with Gasteiger partial charge in [0, 0.05) is 37.3 Å². The van der Waals surface area contributed by atoms with E-state index >= 15 is 0 Å². The van der Waals surface area contributed by atoms with Crippen molar-refractivity contribution in [1.82, 2.24) is 10.2 Å². The summed E-state index contributed by atoms with van der Waals surface area (Å²) in [6, 6.07) is 4.35. The van der Waals surface area contributed by atoms with Crippen molar-refractivity contribution in [2.24, 2.45) is 5.73 Å². The summed E-state index contributed by atoms with van der Waals surface area (Å²) in [5, 5.41) is 2.18. The molecule has 2 rings (SSSR count). The van der Waals surface area contributed by atoms with E-state index < -0.39 is 30.0 Å². The molecule has 0 aromatic heterocycles. The minimum absolute atomic E-state index is 0.0903. The minimum atomic E-state index is -4.62. The van der Waals surface area contributed by atoms with Gasteiger partial charge in [-0.1, -0.05) is 0 Å². The molecule has 0 saturated carbocycles. The smallest absolute Gasteiger partial charge is 0.397 e. The van der Waals surface area contributed by atoms with Crippen molar-refractivity contribution in [1.29, 1.82) is 0 Å². The maximum Gasteiger partial charge on any atom is 0.397 e. The number of hydrogen-bond donors (Lipinski definition) is 2. The van der Waals surface area contributed by atoms with Crippen molar-refractivity contribution in [2.75, 3.05) is 24.5 Å². The van der Waals surface area contributed by atoms with Gasteiger partial charge >= 0.3 is 6.18 Å². The second-order valence-electron chi connectivity index (χ2n) is 8.78. The van der Waals surface area contributed by atoms with Gasteiger partial charge in [-0.15, -0.1) is 0 Å². The zero-order chi connectivity index (χ0) is 25.1. The molecule has 1 aliphatic heterocycles. The third-order valence-electron chi connectivity index (χ3n) is 5.25. The quantitative estimate of drug-likeness (QED) is 0.605. The first kappa shape index (κ1) is 26.4. The van der Waals surface area contributed by atoms with Gasteiger partial charge in [0.15, 0.2) is 5.60 Å². The van der Waals surface area contributed by atoms with Crippen molar-refractivity contribution in [2.45, 2.75) is 64.9 Å². The van der Waals surface area contributed by atoms with Gasteiger partial charge in [0.05, 0.1) is 5.69 Å². The fraction of sp³-hybridized carbons (Fsp3) is 0.591. The van der Waals surface area contributed by atoms with E-state index in [1.54, 1.807) is 30.9 Å². The number of hydrogen-bond acceptors (Lipinski definition) is 5. The summed E-state index contributed by atoms with van der Waals surface area (Å²) in [6.07, 6.45) is -6.22. The number of benzene rings is 1. The third-order valence-corrected chi connectivity index (χ3v) is 5.25. The number of carbonyl (C=O) groups is 3. The monoisotopic (exact) mass is 472 g/mol. The van der Waals surface area contributed by atoms with Crippen LogP contribution in [0.2, 0.25) is 0 Å². The van der Waals surface area contributed by atoms with E-state index in [9.17, 15) is 27.6 Å². The first-order valence-electron chi connectivity index (χ1n) is 10.7. The fourth-order valence-corrected chi connectivity index (χ4v) is 3.68. The summed E-state index contributed by atoms with van der Waals surface area (Å²) in [4.78, 5) is 40.6. The normalized spacial score (nSPS) is 16.2. The summed E-state index contributed by atoms with van der Waals surface area (Å²) < 4.78 is 43.0. The first-order valence-corrected chi connectivity index (χ1v) is 10.7. The average molecular weight is 473 g/mol. The van der Waals surface area contributed by atoms with E-state index in [4.69, 9.17) is 10.5 Å². The maximum atomic E-state index is 13.2. The Labute approximate surface area is 191 Å². The number of halogens is 3. The number of alkyl halides is 3. The maximum absolute atomic E-state index is 13.2. The van der Waals surface area contributed by atoms with Crippen LogP contribution < -0.4 is 20.7 Å². The molecule has 184 valence electrons. The Bertz CT molecular complexity index is 902. The molecule has 0 fully saturated rings. The zero-order valence-electron chi connectivity index (χ0n) is 19.5. The molecule has 1 aliphatic rings. The highest BCUT2D eigenvalue weighted by atomic mass is 19.4. The Morgan fingerprint density at radius 3 is 2.42 bits per heavy atom. The lowest BCUT2D eigenvalue weighted by Gasteiger charge is -2.39. The molecule has 3 N–H and O–H groups in total. The molecular formula is C22H31F3N4O4. The molecule has 8 nitrogen and oxygen atoms in total. The largest absolute Gasteiger partial charge is 0.476 e. The van der Waals surface area contributed by atoms with Crippen molar-refractivity contribution in [3.8, 4) is 5.75 Å². The number of fused-ring (bicyclic) bond motifs is 1. The van der Waals surface area contributed by atoms with E-state index in [1.165, 1.54) is 11.0 Å². The van der Waals surface area contributed by atoms with Crippen LogP contribution in [0.5, 0.6) is 5.75 Å². The lowest BCUT2D eigenvalue weighted by atomic mass is 10.0.